The van der Waals surface area contributed by atoms with Crippen molar-refractivity contribution in [1.29, 1.82) is 0 Å². The van der Waals surface area contributed by atoms with Crippen LogP contribution >= 0.6 is 11.8 Å². The van der Waals surface area contributed by atoms with Gasteiger partial charge in [-0.15, -0.1) is 0 Å². The van der Waals surface area contributed by atoms with E-state index in [1.807, 2.05) is 0 Å². The van der Waals surface area contributed by atoms with Crippen molar-refractivity contribution in [1.82, 2.24) is 5.32 Å². The third-order valence-corrected chi connectivity index (χ3v) is 4.60. The third kappa shape index (κ3) is 4.09. The summed E-state index contributed by atoms with van der Waals surface area (Å²) >= 11 is 1.75. The SMILES string of the molecule is FC(F)COCCN=C1NC2(CCCCC2)CS1. The maximum atomic E-state index is 11.8. The number of halogens is 2. The average molecular weight is 278 g/mol. The van der Waals surface area contributed by atoms with Crippen LogP contribution in [-0.2, 0) is 4.74 Å². The summed E-state index contributed by atoms with van der Waals surface area (Å²) in [6, 6.07) is 0. The summed E-state index contributed by atoms with van der Waals surface area (Å²) in [4.78, 5) is 4.37. The second-order valence-corrected chi connectivity index (χ2v) is 5.87. The molecule has 0 aromatic carbocycles. The number of hydrogen-bond acceptors (Lipinski definition) is 3. The first-order valence-electron chi connectivity index (χ1n) is 6.52. The number of aliphatic imine (C=N–C) groups is 1. The standard InChI is InChI=1S/C12H20F2N2OS/c13-10(14)8-17-7-6-15-11-16-12(9-18-11)4-2-1-3-5-12/h10H,1-9H2,(H,15,16). The molecule has 0 amide bonds. The minimum atomic E-state index is -2.39. The second kappa shape index (κ2) is 6.70. The van der Waals surface area contributed by atoms with Crippen molar-refractivity contribution >= 4 is 16.9 Å². The molecule has 2 aliphatic rings. The molecule has 1 aliphatic carbocycles. The largest absolute Gasteiger partial charge is 0.374 e. The van der Waals surface area contributed by atoms with E-state index in [1.54, 1.807) is 11.8 Å². The average Bonchev–Trinajstić information content (AvgIpc) is 2.72. The van der Waals surface area contributed by atoms with Crippen LogP contribution in [0.3, 0.4) is 0 Å². The zero-order valence-corrected chi connectivity index (χ0v) is 11.3. The zero-order chi connectivity index (χ0) is 12.8. The summed E-state index contributed by atoms with van der Waals surface area (Å²) in [6.45, 7) is 0.233. The Kier molecular flexibility index (Phi) is 5.24. The fraction of sp³-hybridized carbons (Fsp3) is 0.917. The summed E-state index contributed by atoms with van der Waals surface area (Å²) in [5.74, 6) is 1.09. The molecule has 0 aromatic rings. The fourth-order valence-corrected chi connectivity index (χ4v) is 3.72. The van der Waals surface area contributed by atoms with Gasteiger partial charge in [-0.05, 0) is 12.8 Å². The van der Waals surface area contributed by atoms with E-state index in [0.717, 1.165) is 10.9 Å². The number of rotatable bonds is 5. The molecule has 1 N–H and O–H groups in total. The molecule has 104 valence electrons. The van der Waals surface area contributed by atoms with Gasteiger partial charge in [-0.2, -0.15) is 0 Å². The van der Waals surface area contributed by atoms with Crippen LogP contribution < -0.4 is 5.32 Å². The summed E-state index contributed by atoms with van der Waals surface area (Å²) in [7, 11) is 0. The normalized spacial score (nSPS) is 24.9. The minimum Gasteiger partial charge on any atom is -0.374 e. The van der Waals surface area contributed by atoms with Crippen molar-refractivity contribution < 1.29 is 13.5 Å². The Labute approximate surface area is 111 Å². The Morgan fingerprint density at radius 3 is 2.83 bits per heavy atom. The van der Waals surface area contributed by atoms with Crippen LogP contribution in [-0.4, -0.2) is 42.6 Å². The van der Waals surface area contributed by atoms with Gasteiger partial charge in [-0.3, -0.25) is 4.99 Å². The number of amidine groups is 1. The van der Waals surface area contributed by atoms with Crippen LogP contribution in [0, 0.1) is 0 Å². The molecule has 1 spiro atoms. The predicted octanol–water partition coefficient (Wildman–Crippen LogP) is 2.66. The van der Waals surface area contributed by atoms with E-state index in [4.69, 9.17) is 4.74 Å². The van der Waals surface area contributed by atoms with E-state index in [-0.39, 0.29) is 12.1 Å². The molecule has 1 heterocycles. The Balaban J connectivity index is 1.68. The molecule has 0 radical (unpaired) electrons. The summed E-state index contributed by atoms with van der Waals surface area (Å²) < 4.78 is 28.4. The maximum absolute atomic E-state index is 11.8. The van der Waals surface area contributed by atoms with Crippen molar-refractivity contribution in [2.75, 3.05) is 25.5 Å². The highest BCUT2D eigenvalue weighted by Gasteiger charge is 2.37. The van der Waals surface area contributed by atoms with E-state index in [9.17, 15) is 8.78 Å². The molecule has 1 saturated carbocycles. The van der Waals surface area contributed by atoms with Crippen LogP contribution in [0.15, 0.2) is 4.99 Å². The van der Waals surface area contributed by atoms with Gasteiger partial charge in [0.2, 0.25) is 0 Å². The molecule has 3 nitrogen and oxygen atoms in total. The lowest BCUT2D eigenvalue weighted by Gasteiger charge is -2.32. The first-order chi connectivity index (χ1) is 8.70. The lowest BCUT2D eigenvalue weighted by Crippen LogP contribution is -2.45. The lowest BCUT2D eigenvalue weighted by molar-refractivity contribution is 0.0207. The van der Waals surface area contributed by atoms with Crippen molar-refractivity contribution in [2.45, 2.75) is 44.1 Å². The zero-order valence-electron chi connectivity index (χ0n) is 10.5. The number of alkyl halides is 2. The van der Waals surface area contributed by atoms with Gasteiger partial charge in [0.15, 0.2) is 5.17 Å². The molecular formula is C12H20F2N2OS. The highest BCUT2D eigenvalue weighted by Crippen LogP contribution is 2.35. The maximum Gasteiger partial charge on any atom is 0.261 e. The van der Waals surface area contributed by atoms with E-state index in [1.165, 1.54) is 32.1 Å². The fourth-order valence-electron chi connectivity index (χ4n) is 2.47. The summed E-state index contributed by atoms with van der Waals surface area (Å²) in [6.07, 6.45) is 3.97. The Hall–Kier alpha value is -0.360. The second-order valence-electron chi connectivity index (χ2n) is 4.91. The molecular weight excluding hydrogens is 258 g/mol. The van der Waals surface area contributed by atoms with Crippen LogP contribution in [0.2, 0.25) is 0 Å². The Morgan fingerprint density at radius 1 is 1.33 bits per heavy atom. The van der Waals surface area contributed by atoms with Crippen molar-refractivity contribution in [3.8, 4) is 0 Å². The number of hydrogen-bond donors (Lipinski definition) is 1. The highest BCUT2D eigenvalue weighted by molar-refractivity contribution is 8.14. The van der Waals surface area contributed by atoms with Crippen LogP contribution in [0.25, 0.3) is 0 Å². The quantitative estimate of drug-likeness (QED) is 0.785. The van der Waals surface area contributed by atoms with E-state index in [2.05, 4.69) is 10.3 Å². The molecule has 6 heteroatoms. The Bertz CT molecular complexity index is 294. The number of nitrogens with zero attached hydrogens (tertiary/aromatic N) is 1. The number of thioether (sulfide) groups is 1. The molecule has 1 aliphatic heterocycles. The van der Waals surface area contributed by atoms with Gasteiger partial charge in [0, 0.05) is 11.3 Å². The van der Waals surface area contributed by atoms with Crippen LogP contribution in [0.1, 0.15) is 32.1 Å². The molecule has 1 saturated heterocycles. The smallest absolute Gasteiger partial charge is 0.261 e. The van der Waals surface area contributed by atoms with Gasteiger partial charge >= 0.3 is 0 Å². The molecule has 0 atom stereocenters. The lowest BCUT2D eigenvalue weighted by atomic mass is 9.83. The van der Waals surface area contributed by atoms with Gasteiger partial charge in [0.1, 0.15) is 6.61 Å². The van der Waals surface area contributed by atoms with Crippen molar-refractivity contribution in [2.24, 2.45) is 4.99 Å². The van der Waals surface area contributed by atoms with E-state index in [0.29, 0.717) is 6.54 Å². The molecule has 2 rings (SSSR count). The van der Waals surface area contributed by atoms with Crippen molar-refractivity contribution in [3.63, 3.8) is 0 Å². The van der Waals surface area contributed by atoms with E-state index < -0.39 is 13.0 Å². The topological polar surface area (TPSA) is 33.6 Å². The summed E-state index contributed by atoms with van der Waals surface area (Å²) in [5, 5.41) is 4.47. The predicted molar refractivity (Wildman–Crippen MR) is 70.5 cm³/mol. The molecule has 2 fully saturated rings. The van der Waals surface area contributed by atoms with Gasteiger partial charge in [-0.1, -0.05) is 31.0 Å². The first-order valence-corrected chi connectivity index (χ1v) is 7.50. The molecule has 0 aromatic heterocycles. The van der Waals surface area contributed by atoms with Crippen LogP contribution in [0.4, 0.5) is 8.78 Å². The monoisotopic (exact) mass is 278 g/mol. The number of nitrogens with one attached hydrogen (secondary N) is 1. The molecule has 0 bridgehead atoms. The minimum absolute atomic E-state index is 0.256. The van der Waals surface area contributed by atoms with E-state index >= 15 is 0 Å². The third-order valence-electron chi connectivity index (χ3n) is 3.40. The number of ether oxygens (including phenoxy) is 1. The van der Waals surface area contributed by atoms with Crippen molar-refractivity contribution in [3.05, 3.63) is 0 Å². The van der Waals surface area contributed by atoms with Gasteiger partial charge in [0.05, 0.1) is 13.2 Å². The van der Waals surface area contributed by atoms with Gasteiger partial charge < -0.3 is 10.1 Å². The van der Waals surface area contributed by atoms with Gasteiger partial charge in [-0.25, -0.2) is 8.78 Å². The van der Waals surface area contributed by atoms with Gasteiger partial charge in [0.25, 0.3) is 6.43 Å². The first kappa shape index (κ1) is 14.1. The molecule has 0 unspecified atom stereocenters. The highest BCUT2D eigenvalue weighted by atomic mass is 32.2. The molecule has 18 heavy (non-hydrogen) atoms. The summed E-state index contributed by atoms with van der Waals surface area (Å²) in [5.41, 5.74) is 0.256. The van der Waals surface area contributed by atoms with Crippen LogP contribution in [0.5, 0.6) is 0 Å². The Morgan fingerprint density at radius 2 is 2.11 bits per heavy atom.